The second kappa shape index (κ2) is 15.3. The number of nitrogens with one attached hydrogen (secondary N) is 3. The molecule has 3 N–H and O–H groups in total. The minimum Gasteiger partial charge on any atom is -0.371 e. The molecule has 8 rings (SSSR count). The van der Waals surface area contributed by atoms with Crippen LogP contribution in [-0.4, -0.2) is 85.2 Å². The van der Waals surface area contributed by atoms with Gasteiger partial charge in [-0.15, -0.1) is 0 Å². The van der Waals surface area contributed by atoms with Crippen LogP contribution in [0.1, 0.15) is 93.2 Å². The smallest absolute Gasteiger partial charge is 0.262 e. The topological polar surface area (TPSA) is 172 Å². The minimum absolute atomic E-state index is 0.00227. The number of anilines is 2. The highest BCUT2D eigenvalue weighted by Crippen LogP contribution is 2.46. The Bertz CT molecular complexity index is 2180. The summed E-state index contributed by atoms with van der Waals surface area (Å²) in [6.07, 6.45) is 4.82. The molecular formula is C43H44ClN7O6. The van der Waals surface area contributed by atoms with Crippen LogP contribution in [0.3, 0.4) is 0 Å². The van der Waals surface area contributed by atoms with Crippen molar-refractivity contribution in [2.75, 3.05) is 42.5 Å². The summed E-state index contributed by atoms with van der Waals surface area (Å²) in [6.45, 7) is 5.63. The van der Waals surface area contributed by atoms with Crippen molar-refractivity contribution in [3.63, 3.8) is 0 Å². The molecule has 2 atom stereocenters. The summed E-state index contributed by atoms with van der Waals surface area (Å²) in [5, 5.41) is 17.7. The second-order valence-corrected chi connectivity index (χ2v) is 16.6. The molecule has 1 unspecified atom stereocenters. The molecule has 0 radical (unpaired) electrons. The molecule has 3 fully saturated rings. The molecule has 0 saturated carbocycles. The maximum atomic E-state index is 13.2. The lowest BCUT2D eigenvalue weighted by Crippen LogP contribution is -2.54. The molecule has 4 heterocycles. The number of benzene rings is 3. The van der Waals surface area contributed by atoms with Gasteiger partial charge in [0.2, 0.25) is 17.7 Å². The van der Waals surface area contributed by atoms with Gasteiger partial charge in [0.1, 0.15) is 12.1 Å². The highest BCUT2D eigenvalue weighted by atomic mass is 35.5. The van der Waals surface area contributed by atoms with Gasteiger partial charge in [0.25, 0.3) is 17.7 Å². The van der Waals surface area contributed by atoms with E-state index in [1.54, 1.807) is 18.2 Å². The van der Waals surface area contributed by atoms with Crippen LogP contribution in [0.4, 0.5) is 11.4 Å². The summed E-state index contributed by atoms with van der Waals surface area (Å²) < 4.78 is 0. The average molecular weight is 790 g/mol. The van der Waals surface area contributed by atoms with Gasteiger partial charge >= 0.3 is 0 Å². The van der Waals surface area contributed by atoms with Crippen LogP contribution < -0.4 is 25.8 Å². The largest absolute Gasteiger partial charge is 0.371 e. The number of imide groups is 2. The Hall–Kier alpha value is -5.74. The van der Waals surface area contributed by atoms with E-state index in [1.807, 2.05) is 36.4 Å². The normalized spacial score (nSPS) is 21.4. The molecule has 6 amide bonds. The van der Waals surface area contributed by atoms with Gasteiger partial charge in [0.15, 0.2) is 0 Å². The molecule has 57 heavy (non-hydrogen) atoms. The molecule has 3 aromatic rings. The van der Waals surface area contributed by atoms with E-state index in [4.69, 9.17) is 11.6 Å². The van der Waals surface area contributed by atoms with Crippen LogP contribution in [0.25, 0.3) is 0 Å². The molecule has 5 aliphatic rings. The van der Waals surface area contributed by atoms with E-state index in [9.17, 15) is 34.0 Å². The Labute approximate surface area is 335 Å². The molecular weight excluding hydrogens is 746 g/mol. The Morgan fingerprint density at radius 2 is 1.56 bits per heavy atom. The first-order chi connectivity index (χ1) is 27.4. The van der Waals surface area contributed by atoms with Crippen molar-refractivity contribution in [3.05, 3.63) is 93.0 Å². The van der Waals surface area contributed by atoms with Crippen molar-refractivity contribution in [2.45, 2.75) is 70.4 Å². The highest BCUT2D eigenvalue weighted by Gasteiger charge is 2.46. The molecule has 1 spiro atoms. The first-order valence-corrected chi connectivity index (χ1v) is 20.0. The number of carbonyl (C=O) groups is 6. The molecule has 3 saturated heterocycles. The summed E-state index contributed by atoms with van der Waals surface area (Å²) in [6, 6.07) is 18.3. The fourth-order valence-corrected chi connectivity index (χ4v) is 9.72. The molecule has 13 nitrogen and oxygen atoms in total. The molecule has 1 aliphatic carbocycles. The van der Waals surface area contributed by atoms with Crippen LogP contribution in [0.2, 0.25) is 5.02 Å². The number of fused-ring (bicyclic) bond motifs is 2. The van der Waals surface area contributed by atoms with Gasteiger partial charge in [-0.2, -0.15) is 5.26 Å². The summed E-state index contributed by atoms with van der Waals surface area (Å²) >= 11 is 6.35. The molecule has 0 aromatic heterocycles. The Kier molecular flexibility index (Phi) is 10.2. The Morgan fingerprint density at radius 3 is 2.19 bits per heavy atom. The summed E-state index contributed by atoms with van der Waals surface area (Å²) in [5.41, 5.74) is 5.72. The van der Waals surface area contributed by atoms with E-state index in [-0.39, 0.29) is 66.6 Å². The second-order valence-electron chi connectivity index (χ2n) is 16.2. The van der Waals surface area contributed by atoms with E-state index in [2.05, 4.69) is 38.7 Å². The monoisotopic (exact) mass is 789 g/mol. The van der Waals surface area contributed by atoms with Gasteiger partial charge in [0, 0.05) is 68.5 Å². The lowest BCUT2D eigenvalue weighted by molar-refractivity contribution is -0.136. The van der Waals surface area contributed by atoms with Gasteiger partial charge in [-0.1, -0.05) is 11.6 Å². The summed E-state index contributed by atoms with van der Waals surface area (Å²) in [4.78, 5) is 81.8. The number of hydrogen-bond donors (Lipinski definition) is 3. The number of hydrogen-bond acceptors (Lipinski definition) is 9. The fraction of sp³-hybridized carbons (Fsp3) is 0.419. The molecule has 14 heteroatoms. The maximum absolute atomic E-state index is 13.2. The van der Waals surface area contributed by atoms with Crippen LogP contribution >= 0.6 is 11.6 Å². The summed E-state index contributed by atoms with van der Waals surface area (Å²) in [5.74, 6) is -2.49. The molecule has 3 aromatic carbocycles. The van der Waals surface area contributed by atoms with Crippen molar-refractivity contribution in [1.82, 2.24) is 20.9 Å². The van der Waals surface area contributed by atoms with E-state index >= 15 is 0 Å². The average Bonchev–Trinajstić information content (AvgIpc) is 3.82. The minimum atomic E-state index is -1.01. The predicted octanol–water partition coefficient (Wildman–Crippen LogP) is 4.15. The van der Waals surface area contributed by atoms with Crippen LogP contribution in [0.5, 0.6) is 0 Å². The number of nitrogens with zero attached hydrogens (tertiary/aromatic N) is 4. The lowest BCUT2D eigenvalue weighted by atomic mass is 9.76. The van der Waals surface area contributed by atoms with E-state index < -0.39 is 29.7 Å². The molecule has 4 aliphatic heterocycles. The molecule has 294 valence electrons. The zero-order valence-electron chi connectivity index (χ0n) is 31.7. The predicted molar refractivity (Wildman–Crippen MR) is 212 cm³/mol. The number of amides is 6. The van der Waals surface area contributed by atoms with Crippen LogP contribution in [-0.2, 0) is 27.2 Å². The van der Waals surface area contributed by atoms with Gasteiger partial charge in [-0.25, -0.2) is 0 Å². The molecule has 0 bridgehead atoms. The number of piperidine rings is 2. The fourth-order valence-electron chi connectivity index (χ4n) is 9.50. The third kappa shape index (κ3) is 7.46. The first kappa shape index (κ1) is 38.1. The standard InChI is InChI=1S/C43H44ClN7O6/c1-25-22-43(24-50(25)32-7-4-28(23-45)35(44)21-32)10-14-49(15-11-43)31-5-2-27(3-6-31)39(54)47-13-12-46-38(53)18-26-16-29-19-33-34(20-30(29)17-26)42(57)51(41(33)56)36-8-9-37(52)48-40(36)55/h2-7,19-21,25-26,36H,8-18,22,24H2,1H3,(H,46,53)(H,47,54)(H,48,52,55)/t25-,36?/m0/s1. The van der Waals surface area contributed by atoms with Crippen molar-refractivity contribution < 1.29 is 28.8 Å². The third-order valence-electron chi connectivity index (χ3n) is 12.5. The Balaban J connectivity index is 0.759. The highest BCUT2D eigenvalue weighted by molar-refractivity contribution is 6.32. The van der Waals surface area contributed by atoms with E-state index in [1.165, 1.54) is 0 Å². The number of halogens is 1. The van der Waals surface area contributed by atoms with Crippen molar-refractivity contribution in [3.8, 4) is 6.07 Å². The maximum Gasteiger partial charge on any atom is 0.262 e. The van der Waals surface area contributed by atoms with Crippen molar-refractivity contribution >= 4 is 58.4 Å². The van der Waals surface area contributed by atoms with Gasteiger partial charge in [-0.3, -0.25) is 39.0 Å². The zero-order valence-corrected chi connectivity index (χ0v) is 32.5. The van der Waals surface area contributed by atoms with Crippen molar-refractivity contribution in [1.29, 1.82) is 5.26 Å². The van der Waals surface area contributed by atoms with Crippen LogP contribution in [0.15, 0.2) is 54.6 Å². The van der Waals surface area contributed by atoms with E-state index in [0.717, 1.165) is 66.3 Å². The number of nitriles is 1. The van der Waals surface area contributed by atoms with Crippen molar-refractivity contribution in [2.24, 2.45) is 11.3 Å². The quantitative estimate of drug-likeness (QED) is 0.213. The van der Waals surface area contributed by atoms with E-state index in [0.29, 0.717) is 35.0 Å². The van der Waals surface area contributed by atoms with Crippen LogP contribution in [0, 0.1) is 22.7 Å². The SMILES string of the molecule is C[C@H]1CC2(CCN(c3ccc(C(=O)NCCNC(=O)CC4Cc5cc6c(cc5C4)C(=O)N(C4CCC(=O)NC4=O)C6=O)cc3)CC2)CN1c1ccc(C#N)c(Cl)c1. The first-order valence-electron chi connectivity index (χ1n) is 19.7. The van der Waals surface area contributed by atoms with Gasteiger partial charge in [0.05, 0.1) is 21.7 Å². The zero-order chi connectivity index (χ0) is 40.0. The van der Waals surface area contributed by atoms with Gasteiger partial charge in [-0.05, 0) is 123 Å². The number of carbonyl (C=O) groups excluding carboxylic acids is 6. The number of rotatable bonds is 9. The lowest BCUT2D eigenvalue weighted by Gasteiger charge is -2.40. The Morgan fingerprint density at radius 1 is 0.912 bits per heavy atom. The summed E-state index contributed by atoms with van der Waals surface area (Å²) in [7, 11) is 0. The van der Waals surface area contributed by atoms with Gasteiger partial charge < -0.3 is 20.4 Å². The third-order valence-corrected chi connectivity index (χ3v) is 12.8.